The van der Waals surface area contributed by atoms with E-state index < -0.39 is 31.1 Å². The first-order valence-corrected chi connectivity index (χ1v) is 4.33. The Balaban J connectivity index is 3.18. The Morgan fingerprint density at radius 2 is 2.12 bits per heavy atom. The molecular weight excluding hydrogens is 225 g/mol. The minimum atomic E-state index is -1.03. The summed E-state index contributed by atoms with van der Waals surface area (Å²) in [6, 6.07) is 0. The molecule has 0 rings (SSSR count). The molecule has 0 unspecified atom stereocenters. The van der Waals surface area contributed by atoms with Crippen LogP contribution in [-0.2, 0) is 4.79 Å². The third-order valence-electron chi connectivity index (χ3n) is 0.313. The van der Waals surface area contributed by atoms with E-state index in [1.54, 1.807) is 0 Å². The third kappa shape index (κ3) is 5.67. The molecule has 5 heteroatoms. The Kier molecular flexibility index (Phi) is 3.49. The van der Waals surface area contributed by atoms with E-state index in [0.29, 0.717) is 0 Å². The average Bonchev–Trinajstić information content (AvgIpc) is 1.61. The molecule has 0 atom stereocenters. The number of hydrogen-bond acceptors (Lipinski definition) is 2. The van der Waals surface area contributed by atoms with Crippen molar-refractivity contribution < 1.29 is 35.9 Å². The quantitative estimate of drug-likeness (QED) is 0.297. The van der Waals surface area contributed by atoms with E-state index >= 15 is 0 Å². The summed E-state index contributed by atoms with van der Waals surface area (Å²) in [6.07, 6.45) is 0. The zero-order valence-electron chi connectivity index (χ0n) is 3.93. The second-order valence-electron chi connectivity index (χ2n) is 0.987. The summed E-state index contributed by atoms with van der Waals surface area (Å²) < 4.78 is -0.851. The molecule has 0 aromatic rings. The molecule has 1 amide bonds. The summed E-state index contributed by atoms with van der Waals surface area (Å²) in [6.45, 7) is 0. The summed E-state index contributed by atoms with van der Waals surface area (Å²) >= 11 is -1.03. The Labute approximate surface area is 56.3 Å². The molecule has 0 fully saturated rings. The van der Waals surface area contributed by atoms with Gasteiger partial charge in [-0.2, -0.15) is 0 Å². The van der Waals surface area contributed by atoms with Gasteiger partial charge in [0.15, 0.2) is 0 Å². The summed E-state index contributed by atoms with van der Waals surface area (Å²) in [4.78, 5) is 19.6. The topological polar surface area (TPSA) is 80.4 Å². The zero-order chi connectivity index (χ0) is 6.57. The van der Waals surface area contributed by atoms with Crippen LogP contribution in [0.4, 0.5) is 4.79 Å². The van der Waals surface area contributed by atoms with Crippen LogP contribution in [0.25, 0.3) is 0 Å². The van der Waals surface area contributed by atoms with Gasteiger partial charge in [-0.1, -0.05) is 0 Å². The second-order valence-corrected chi connectivity index (χ2v) is 3.43. The SMILES string of the molecule is NC(=O)C[I-]C(=O)O. The predicted molar refractivity (Wildman–Crippen MR) is 22.1 cm³/mol. The molecule has 0 radical (unpaired) electrons. The van der Waals surface area contributed by atoms with E-state index in [2.05, 4.69) is 5.73 Å². The van der Waals surface area contributed by atoms with Gasteiger partial charge in [-0.05, 0) is 0 Å². The second kappa shape index (κ2) is 3.65. The average molecular weight is 230 g/mol. The monoisotopic (exact) mass is 230 g/mol. The Hall–Kier alpha value is -0.330. The van der Waals surface area contributed by atoms with Crippen LogP contribution in [0.5, 0.6) is 0 Å². The normalized spacial score (nSPS) is 9.00. The van der Waals surface area contributed by atoms with Crippen molar-refractivity contribution in [3.05, 3.63) is 0 Å². The van der Waals surface area contributed by atoms with Crippen molar-refractivity contribution in [2.45, 2.75) is 0 Å². The minimum absolute atomic E-state index is 0.0359. The molecule has 0 aliphatic rings. The number of carbonyl (C=O) groups excluding carboxylic acids is 1. The van der Waals surface area contributed by atoms with Crippen molar-refractivity contribution in [1.29, 1.82) is 0 Å². The number of amides is 1. The van der Waals surface area contributed by atoms with Crippen LogP contribution in [0.2, 0.25) is 0 Å². The van der Waals surface area contributed by atoms with E-state index in [1.165, 1.54) is 0 Å². The molecule has 3 N–H and O–H groups in total. The van der Waals surface area contributed by atoms with Crippen LogP contribution in [-0.4, -0.2) is 19.4 Å². The molecule has 0 bridgehead atoms. The van der Waals surface area contributed by atoms with E-state index in [0.717, 1.165) is 0 Å². The first-order valence-electron chi connectivity index (χ1n) is 1.73. The van der Waals surface area contributed by atoms with Gasteiger partial charge in [-0.25, -0.2) is 0 Å². The van der Waals surface area contributed by atoms with Crippen LogP contribution in [0.1, 0.15) is 0 Å². The number of primary amides is 1. The molecule has 0 aliphatic carbocycles. The Bertz CT molecular complexity index is 99.1. The molecule has 0 heterocycles. The van der Waals surface area contributed by atoms with Crippen molar-refractivity contribution >= 4 is 9.88 Å². The Morgan fingerprint density at radius 3 is 2.25 bits per heavy atom. The van der Waals surface area contributed by atoms with E-state index in [-0.39, 0.29) is 4.43 Å². The summed E-state index contributed by atoms with van der Waals surface area (Å²) in [5, 5.41) is 8.00. The summed E-state index contributed by atoms with van der Waals surface area (Å²) in [5.74, 6) is -0.528. The molecule has 0 saturated heterocycles. The molecule has 8 heavy (non-hydrogen) atoms. The van der Waals surface area contributed by atoms with Gasteiger partial charge in [0, 0.05) is 0 Å². The molecule has 0 spiro atoms. The van der Waals surface area contributed by atoms with Gasteiger partial charge in [0.1, 0.15) is 0 Å². The standard InChI is InChI=1S/C3H5INO3/c5-2(6)1-4-3(7)8/h1H2,(H2,5,6)(H,7,8)/q-1. The van der Waals surface area contributed by atoms with E-state index in [1.807, 2.05) is 0 Å². The maximum atomic E-state index is 9.89. The van der Waals surface area contributed by atoms with Crippen molar-refractivity contribution in [2.75, 3.05) is 4.43 Å². The molecule has 0 aromatic heterocycles. The number of hydrogen-bond donors (Lipinski definition) is 2. The first-order chi connectivity index (χ1) is 3.63. The van der Waals surface area contributed by atoms with Gasteiger partial charge in [0.05, 0.1) is 0 Å². The molecule has 4 nitrogen and oxygen atoms in total. The number of carboxylic acid groups (broad SMARTS) is 1. The number of alkyl halides is 1. The van der Waals surface area contributed by atoms with Crippen LogP contribution in [0.15, 0.2) is 0 Å². The number of carbonyl (C=O) groups is 2. The summed E-state index contributed by atoms with van der Waals surface area (Å²) in [7, 11) is 0. The van der Waals surface area contributed by atoms with Gasteiger partial charge in [-0.3, -0.25) is 0 Å². The van der Waals surface area contributed by atoms with Gasteiger partial charge in [-0.15, -0.1) is 0 Å². The number of nitrogens with two attached hydrogens (primary N) is 1. The molecule has 48 valence electrons. The molecule has 0 aliphatic heterocycles. The van der Waals surface area contributed by atoms with Crippen LogP contribution in [0, 0.1) is 0 Å². The van der Waals surface area contributed by atoms with Gasteiger partial charge in [0.25, 0.3) is 0 Å². The van der Waals surface area contributed by atoms with Gasteiger partial charge < -0.3 is 0 Å². The number of rotatable bonds is 3. The van der Waals surface area contributed by atoms with Gasteiger partial charge >= 0.3 is 55.9 Å². The van der Waals surface area contributed by atoms with Crippen LogP contribution < -0.4 is 26.9 Å². The first kappa shape index (κ1) is 7.67. The third-order valence-corrected chi connectivity index (χ3v) is 2.10. The van der Waals surface area contributed by atoms with Gasteiger partial charge in [0.2, 0.25) is 0 Å². The fourth-order valence-corrected chi connectivity index (χ4v) is 0.825. The van der Waals surface area contributed by atoms with Crippen molar-refractivity contribution in [2.24, 2.45) is 5.73 Å². The van der Waals surface area contributed by atoms with Crippen molar-refractivity contribution in [3.8, 4) is 0 Å². The molecular formula is C3H5INO3-. The fourth-order valence-electron chi connectivity index (χ4n) is 0.123. The summed E-state index contributed by atoms with van der Waals surface area (Å²) in [5.41, 5.74) is 4.67. The zero-order valence-corrected chi connectivity index (χ0v) is 6.08. The maximum absolute atomic E-state index is 9.89. The molecule has 0 aromatic carbocycles. The van der Waals surface area contributed by atoms with Crippen LogP contribution >= 0.6 is 0 Å². The van der Waals surface area contributed by atoms with E-state index in [4.69, 9.17) is 5.11 Å². The number of halogens is 1. The Morgan fingerprint density at radius 1 is 1.62 bits per heavy atom. The molecule has 0 saturated carbocycles. The predicted octanol–water partition coefficient (Wildman–Crippen LogP) is -3.76. The van der Waals surface area contributed by atoms with E-state index in [9.17, 15) is 9.59 Å². The van der Waals surface area contributed by atoms with Crippen LogP contribution in [0.3, 0.4) is 0 Å². The van der Waals surface area contributed by atoms with Crippen molar-refractivity contribution in [1.82, 2.24) is 0 Å². The fraction of sp³-hybridized carbons (Fsp3) is 0.333. The van der Waals surface area contributed by atoms with Crippen molar-refractivity contribution in [3.63, 3.8) is 0 Å².